The van der Waals surface area contributed by atoms with Gasteiger partial charge in [-0.1, -0.05) is 0 Å². The molecule has 0 atom stereocenters. The number of benzene rings is 1. The summed E-state index contributed by atoms with van der Waals surface area (Å²) in [5.74, 6) is -2.59. The number of anilines is 3. The number of rotatable bonds is 9. The minimum absolute atomic E-state index is 0.0259. The van der Waals surface area contributed by atoms with Crippen LogP contribution >= 0.6 is 22.6 Å². The van der Waals surface area contributed by atoms with Crippen molar-refractivity contribution in [1.29, 1.82) is 0 Å². The second-order valence-electron chi connectivity index (χ2n) is 7.62. The van der Waals surface area contributed by atoms with Crippen molar-refractivity contribution < 1.29 is 27.4 Å². The van der Waals surface area contributed by atoms with E-state index in [9.17, 15) is 32.2 Å². The fourth-order valence-electron chi connectivity index (χ4n) is 3.31. The Hall–Kier alpha value is -1.77. The third kappa shape index (κ3) is 4.86. The van der Waals surface area contributed by atoms with Gasteiger partial charge in [0.05, 0.1) is 16.1 Å². The molecule has 1 aromatic carbocycles. The molecule has 12 heteroatoms. The maximum atomic E-state index is 14.8. The molecule has 2 aromatic rings. The van der Waals surface area contributed by atoms with Crippen LogP contribution in [0.15, 0.2) is 29.2 Å². The number of nitrogens with one attached hydrogen (secondary N) is 2. The van der Waals surface area contributed by atoms with E-state index in [0.29, 0.717) is 16.4 Å². The highest BCUT2D eigenvalue weighted by Crippen LogP contribution is 2.49. The van der Waals surface area contributed by atoms with E-state index in [1.54, 1.807) is 6.07 Å². The Morgan fingerprint density at radius 3 is 2.42 bits per heavy atom. The van der Waals surface area contributed by atoms with Crippen LogP contribution in [0.3, 0.4) is 0 Å². The smallest absolute Gasteiger partial charge is 0.288 e. The first-order valence-electron chi connectivity index (χ1n) is 9.39. The van der Waals surface area contributed by atoms with Gasteiger partial charge in [0.15, 0.2) is 0 Å². The number of nitrogens with zero attached hydrogens (tertiary/aromatic N) is 1. The van der Waals surface area contributed by atoms with Gasteiger partial charge in [0, 0.05) is 35.9 Å². The van der Waals surface area contributed by atoms with Gasteiger partial charge in [-0.15, -0.1) is 0 Å². The summed E-state index contributed by atoms with van der Waals surface area (Å²) in [4.78, 5) is 12.1. The highest BCUT2D eigenvalue weighted by atomic mass is 127. The monoisotopic (exact) mass is 569 g/mol. The van der Waals surface area contributed by atoms with Crippen molar-refractivity contribution in [2.45, 2.75) is 24.0 Å². The van der Waals surface area contributed by atoms with E-state index in [1.165, 1.54) is 19.2 Å². The fourth-order valence-corrected chi connectivity index (χ4v) is 5.52. The molecule has 1 heterocycles. The summed E-state index contributed by atoms with van der Waals surface area (Å²) in [6, 6.07) is 4.12. The molecule has 4 N–H and O–H groups in total. The molecule has 0 saturated heterocycles. The highest BCUT2D eigenvalue weighted by Gasteiger charge is 2.55. The lowest BCUT2D eigenvalue weighted by Gasteiger charge is -2.23. The average Bonchev–Trinajstić information content (AvgIpc) is 3.50. The molecule has 0 aliphatic heterocycles. The number of aliphatic hydroxyl groups is 2. The maximum Gasteiger partial charge on any atom is 0.288 e. The number of hydrogen-bond donors (Lipinski definition) is 4. The molecule has 0 spiro atoms. The lowest BCUT2D eigenvalue weighted by atomic mass is 10.0. The van der Waals surface area contributed by atoms with Crippen LogP contribution in [0.1, 0.15) is 19.3 Å². The first kappa shape index (κ1) is 23.9. The third-order valence-corrected chi connectivity index (χ3v) is 8.18. The van der Waals surface area contributed by atoms with Gasteiger partial charge in [-0.05, 0) is 60.1 Å². The molecule has 1 aliphatic rings. The van der Waals surface area contributed by atoms with Crippen molar-refractivity contribution in [2.75, 3.05) is 23.3 Å². The van der Waals surface area contributed by atoms with Gasteiger partial charge in [0.25, 0.3) is 5.56 Å². The number of pyridine rings is 1. The first-order chi connectivity index (χ1) is 14.5. The Kier molecular flexibility index (Phi) is 6.93. The molecule has 0 radical (unpaired) electrons. The van der Waals surface area contributed by atoms with Gasteiger partial charge >= 0.3 is 0 Å². The van der Waals surface area contributed by atoms with Gasteiger partial charge in [0.2, 0.25) is 15.8 Å². The molecule has 31 heavy (non-hydrogen) atoms. The van der Waals surface area contributed by atoms with Crippen molar-refractivity contribution >= 4 is 49.7 Å². The van der Waals surface area contributed by atoms with E-state index in [2.05, 4.69) is 10.0 Å². The molecule has 1 aliphatic carbocycles. The Bertz CT molecular complexity index is 1150. The zero-order valence-corrected chi connectivity index (χ0v) is 19.5. The zero-order valence-electron chi connectivity index (χ0n) is 16.5. The Morgan fingerprint density at radius 1 is 1.23 bits per heavy atom. The third-order valence-electron chi connectivity index (χ3n) is 5.31. The summed E-state index contributed by atoms with van der Waals surface area (Å²) in [7, 11) is -2.82. The molecule has 8 nitrogen and oxygen atoms in total. The van der Waals surface area contributed by atoms with Crippen LogP contribution in [0.25, 0.3) is 0 Å². The second-order valence-corrected chi connectivity index (χ2v) is 10.9. The minimum atomic E-state index is -4.08. The average molecular weight is 569 g/mol. The Morgan fingerprint density at radius 2 is 1.87 bits per heavy atom. The van der Waals surface area contributed by atoms with Crippen LogP contribution < -0.4 is 15.6 Å². The minimum Gasteiger partial charge on any atom is -0.396 e. The summed E-state index contributed by atoms with van der Waals surface area (Å²) >= 11 is 1.90. The van der Waals surface area contributed by atoms with Crippen molar-refractivity contribution in [2.24, 2.45) is 13.0 Å². The molecule has 1 aromatic heterocycles. The lowest BCUT2D eigenvalue weighted by Crippen LogP contribution is -2.34. The molecule has 0 unspecified atom stereocenters. The standard InChI is InChI=1S/C19H22F2IN3O5S/c1-25-8-15(24-31(29,30)19(4-5-19)7-11(9-26)10-27)17(16(21)18(25)28)23-14-3-2-12(22)6-13(14)20/h2-3,6,8,11,23-24,26-27H,4-5,7,9-10H2,1H3. The number of aromatic nitrogens is 1. The van der Waals surface area contributed by atoms with Crippen LogP contribution in [-0.2, 0) is 17.1 Å². The first-order valence-corrected chi connectivity index (χ1v) is 11.9. The van der Waals surface area contributed by atoms with E-state index in [1.807, 2.05) is 22.6 Å². The molecule has 0 bridgehead atoms. The van der Waals surface area contributed by atoms with Crippen molar-refractivity contribution in [3.63, 3.8) is 0 Å². The zero-order chi connectivity index (χ0) is 23.0. The Balaban J connectivity index is 2.00. The van der Waals surface area contributed by atoms with Crippen molar-refractivity contribution in [3.8, 4) is 0 Å². The van der Waals surface area contributed by atoms with Gasteiger partial charge in [0.1, 0.15) is 11.5 Å². The molecule has 0 amide bonds. The molecule has 1 fully saturated rings. The number of halogens is 3. The highest BCUT2D eigenvalue weighted by molar-refractivity contribution is 14.1. The van der Waals surface area contributed by atoms with E-state index in [-0.39, 0.29) is 31.0 Å². The van der Waals surface area contributed by atoms with Crippen LogP contribution in [0.2, 0.25) is 0 Å². The maximum absolute atomic E-state index is 14.8. The normalized spacial score (nSPS) is 15.2. The van der Waals surface area contributed by atoms with E-state index in [0.717, 1.165) is 10.8 Å². The SMILES string of the molecule is Cn1cc(NS(=O)(=O)C2(CC(CO)CO)CC2)c(Nc2ccc(I)cc2F)c(F)c1=O. The number of aryl methyl sites for hydroxylation is 1. The fraction of sp³-hybridized carbons (Fsp3) is 0.421. The number of aliphatic hydroxyl groups excluding tert-OH is 2. The van der Waals surface area contributed by atoms with Gasteiger partial charge < -0.3 is 20.1 Å². The Labute approximate surface area is 191 Å². The van der Waals surface area contributed by atoms with E-state index >= 15 is 0 Å². The van der Waals surface area contributed by atoms with Crippen LogP contribution in [-0.4, -0.2) is 41.2 Å². The number of hydrogen-bond acceptors (Lipinski definition) is 6. The summed E-state index contributed by atoms with van der Waals surface area (Å²) in [5.41, 5.74) is -1.90. The predicted octanol–water partition coefficient (Wildman–Crippen LogP) is 2.28. The quantitative estimate of drug-likeness (QED) is 0.344. The summed E-state index contributed by atoms with van der Waals surface area (Å²) in [6.45, 7) is -0.748. The predicted molar refractivity (Wildman–Crippen MR) is 121 cm³/mol. The molecule has 1 saturated carbocycles. The molecular weight excluding hydrogens is 547 g/mol. The molecule has 3 rings (SSSR count). The molecular formula is C19H22F2IN3O5S. The van der Waals surface area contributed by atoms with E-state index < -0.39 is 43.6 Å². The number of sulfonamides is 1. The van der Waals surface area contributed by atoms with Gasteiger partial charge in [-0.2, -0.15) is 4.39 Å². The van der Waals surface area contributed by atoms with Crippen LogP contribution in [0.5, 0.6) is 0 Å². The van der Waals surface area contributed by atoms with E-state index in [4.69, 9.17) is 0 Å². The summed E-state index contributed by atoms with van der Waals surface area (Å²) in [6.07, 6.45) is 1.75. The summed E-state index contributed by atoms with van der Waals surface area (Å²) in [5, 5.41) is 21.1. The van der Waals surface area contributed by atoms with Crippen molar-refractivity contribution in [3.05, 3.63) is 50.0 Å². The van der Waals surface area contributed by atoms with Gasteiger partial charge in [-0.25, -0.2) is 12.8 Å². The molecule has 170 valence electrons. The van der Waals surface area contributed by atoms with Crippen molar-refractivity contribution in [1.82, 2.24) is 4.57 Å². The van der Waals surface area contributed by atoms with Gasteiger partial charge in [-0.3, -0.25) is 9.52 Å². The summed E-state index contributed by atoms with van der Waals surface area (Å²) < 4.78 is 57.8. The largest absolute Gasteiger partial charge is 0.396 e. The van der Waals surface area contributed by atoms with Crippen LogP contribution in [0, 0.1) is 21.1 Å². The lowest BCUT2D eigenvalue weighted by molar-refractivity contribution is 0.141. The second kappa shape index (κ2) is 9.00. The topological polar surface area (TPSA) is 121 Å². The van der Waals surface area contributed by atoms with Crippen LogP contribution in [0.4, 0.5) is 25.8 Å².